The average Bonchev–Trinajstić information content (AvgIpc) is 2.66. The van der Waals surface area contributed by atoms with Crippen molar-refractivity contribution in [1.82, 2.24) is 0 Å². The zero-order valence-electron chi connectivity index (χ0n) is 18.8. The first kappa shape index (κ1) is 35.3. The first-order chi connectivity index (χ1) is 16.9. The number of halogens is 9. The Morgan fingerprint density at radius 1 is 0.667 bits per heavy atom. The first-order valence-electron chi connectivity index (χ1n) is 9.42. The lowest BCUT2D eigenvalue weighted by atomic mass is 10.1. The average molecular weight is 652 g/mol. The molecule has 0 fully saturated rings. The summed E-state index contributed by atoms with van der Waals surface area (Å²) >= 11 is 0. The zero-order chi connectivity index (χ0) is 31.1. The molecular weight excluding hydrogens is 635 g/mol. The van der Waals surface area contributed by atoms with Crippen molar-refractivity contribution in [1.29, 1.82) is 0 Å². The normalized spacial score (nSPS) is 16.2. The Morgan fingerprint density at radius 2 is 1.03 bits per heavy atom. The van der Waals surface area contributed by atoms with Crippen molar-refractivity contribution < 1.29 is 87.9 Å². The molecule has 0 aliphatic heterocycles. The predicted octanol–water partition coefficient (Wildman–Crippen LogP) is 1.80. The van der Waals surface area contributed by atoms with E-state index in [0.717, 1.165) is 0 Å². The van der Waals surface area contributed by atoms with Crippen molar-refractivity contribution in [2.24, 2.45) is 0 Å². The molecule has 0 bridgehead atoms. The molecule has 1 rings (SSSR count). The highest BCUT2D eigenvalue weighted by Gasteiger charge is 2.71. The molecule has 0 spiro atoms. The molecule has 0 aliphatic carbocycles. The topological polar surface area (TPSA) is 182 Å². The van der Waals surface area contributed by atoms with Crippen LogP contribution < -0.4 is 0 Å². The van der Waals surface area contributed by atoms with E-state index in [-0.39, 0.29) is 6.92 Å². The molecule has 0 aliphatic rings. The minimum absolute atomic E-state index is 0.142. The maximum atomic E-state index is 12.7. The van der Waals surface area contributed by atoms with E-state index in [1.165, 1.54) is 0 Å². The Kier molecular flexibility index (Phi) is 9.86. The maximum absolute atomic E-state index is 12.7. The summed E-state index contributed by atoms with van der Waals surface area (Å²) in [5.41, 5.74) is -11.1. The molecule has 1 unspecified atom stereocenters. The van der Waals surface area contributed by atoms with Gasteiger partial charge in [0.05, 0.1) is 4.90 Å². The third kappa shape index (κ3) is 9.40. The van der Waals surface area contributed by atoms with Crippen LogP contribution in [0.1, 0.15) is 18.1 Å². The van der Waals surface area contributed by atoms with Gasteiger partial charge in [0.25, 0.3) is 36.0 Å². The van der Waals surface area contributed by atoms with Crippen molar-refractivity contribution >= 4 is 30.4 Å². The fourth-order valence-corrected chi connectivity index (χ4v) is 5.00. The Morgan fingerprint density at radius 3 is 1.33 bits per heavy atom. The van der Waals surface area contributed by atoms with Crippen LogP contribution in [0.15, 0.2) is 23.1 Å². The molecule has 11 nitrogen and oxygen atoms in total. The number of aliphatic hydroxyl groups is 2. The second-order valence-electron chi connectivity index (χ2n) is 8.02. The van der Waals surface area contributed by atoms with Crippen molar-refractivity contribution in [2.75, 3.05) is 13.2 Å². The van der Waals surface area contributed by atoms with Crippen LogP contribution in [-0.4, -0.2) is 83.0 Å². The molecule has 1 aromatic rings. The fourth-order valence-electron chi connectivity index (χ4n) is 2.32. The van der Waals surface area contributed by atoms with Gasteiger partial charge in [-0.1, -0.05) is 6.07 Å². The molecule has 1 aromatic carbocycles. The monoisotopic (exact) mass is 652 g/mol. The molecule has 23 heteroatoms. The standard InChI is InChI=1S/C16H17F9O11S3/c1-12(26,14(17,18)19)7-35-37(28,29)5-9-2-10(4-11(3-9)39(32,33)34)6-38(30,31)36-8-13(27,15(20,21)22)16(23,24)25/h2-4,26-27H,5-8H2,1H3,(H,32,33,34). The number of hydrogen-bond donors (Lipinski definition) is 3. The van der Waals surface area contributed by atoms with Gasteiger partial charge in [-0.25, -0.2) is 0 Å². The number of benzene rings is 1. The SMILES string of the molecule is CC(O)(COS(=O)(=O)Cc1cc(CS(=O)(=O)OCC(O)(C(F)(F)F)C(F)(F)F)cc(S(=O)(=O)O)c1)C(F)(F)F. The number of rotatable bonds is 11. The lowest BCUT2D eigenvalue weighted by Crippen LogP contribution is -2.60. The van der Waals surface area contributed by atoms with Gasteiger partial charge in [-0.15, -0.1) is 0 Å². The van der Waals surface area contributed by atoms with Gasteiger partial charge in [-0.05, 0) is 30.2 Å². The van der Waals surface area contributed by atoms with Gasteiger partial charge in [0.1, 0.15) is 24.7 Å². The van der Waals surface area contributed by atoms with E-state index in [1.54, 1.807) is 0 Å². The quantitative estimate of drug-likeness (QED) is 0.180. The Labute approximate surface area is 214 Å². The lowest BCUT2D eigenvalue weighted by Gasteiger charge is -2.31. The molecule has 39 heavy (non-hydrogen) atoms. The van der Waals surface area contributed by atoms with Crippen LogP contribution in [0.25, 0.3) is 0 Å². The van der Waals surface area contributed by atoms with Crippen LogP contribution in [0.5, 0.6) is 0 Å². The van der Waals surface area contributed by atoms with Crippen molar-refractivity contribution in [3.05, 3.63) is 29.3 Å². The van der Waals surface area contributed by atoms with E-state index >= 15 is 0 Å². The minimum Gasteiger partial charge on any atom is -0.379 e. The summed E-state index contributed by atoms with van der Waals surface area (Å²) < 4.78 is 202. The van der Waals surface area contributed by atoms with Gasteiger partial charge in [0.2, 0.25) is 0 Å². The van der Waals surface area contributed by atoms with E-state index in [9.17, 15) is 74.4 Å². The van der Waals surface area contributed by atoms with Gasteiger partial charge in [0.15, 0.2) is 5.60 Å². The smallest absolute Gasteiger partial charge is 0.379 e. The summed E-state index contributed by atoms with van der Waals surface area (Å²) in [5.74, 6) is -3.28. The molecule has 0 amide bonds. The molecule has 0 heterocycles. The molecule has 0 saturated heterocycles. The summed E-state index contributed by atoms with van der Waals surface area (Å²) in [6.45, 7) is -4.66. The summed E-state index contributed by atoms with van der Waals surface area (Å²) in [6, 6.07) is 1.13. The van der Waals surface area contributed by atoms with Gasteiger partial charge in [-0.2, -0.15) is 64.8 Å². The second-order valence-corrected chi connectivity index (χ2v) is 12.7. The van der Waals surface area contributed by atoms with Crippen molar-refractivity contribution in [3.8, 4) is 0 Å². The fraction of sp³-hybridized carbons (Fsp3) is 0.625. The zero-order valence-corrected chi connectivity index (χ0v) is 21.2. The van der Waals surface area contributed by atoms with E-state index in [1.807, 2.05) is 0 Å². The van der Waals surface area contributed by atoms with E-state index in [2.05, 4.69) is 8.37 Å². The molecule has 0 aromatic heterocycles. The Balaban J connectivity index is 3.32. The Bertz CT molecular complexity index is 1350. The van der Waals surface area contributed by atoms with Gasteiger partial charge < -0.3 is 10.2 Å². The highest BCUT2D eigenvalue weighted by atomic mass is 32.2. The Hall–Kier alpha value is -1.76. The minimum atomic E-state index is -6.47. The summed E-state index contributed by atoms with van der Waals surface area (Å²) in [5, 5.41) is 18.2. The van der Waals surface area contributed by atoms with Crippen LogP contribution in [0, 0.1) is 0 Å². The second kappa shape index (κ2) is 10.9. The van der Waals surface area contributed by atoms with Crippen LogP contribution in [-0.2, 0) is 50.2 Å². The van der Waals surface area contributed by atoms with Gasteiger partial charge in [-0.3, -0.25) is 12.9 Å². The summed E-state index contributed by atoms with van der Waals surface area (Å²) in [4.78, 5) is -1.26. The molecule has 228 valence electrons. The van der Waals surface area contributed by atoms with Crippen LogP contribution in [0.2, 0.25) is 0 Å². The molecule has 1 atom stereocenters. The van der Waals surface area contributed by atoms with Crippen LogP contribution in [0.4, 0.5) is 39.5 Å². The van der Waals surface area contributed by atoms with E-state index in [4.69, 9.17) is 5.11 Å². The molecule has 3 N–H and O–H groups in total. The maximum Gasteiger partial charge on any atom is 0.428 e. The largest absolute Gasteiger partial charge is 0.428 e. The lowest BCUT2D eigenvalue weighted by molar-refractivity contribution is -0.373. The third-order valence-corrected chi connectivity index (χ3v) is 7.69. The number of hydrogen-bond acceptors (Lipinski definition) is 10. The van der Waals surface area contributed by atoms with E-state index < -0.39 is 101 Å². The highest BCUT2D eigenvalue weighted by molar-refractivity contribution is 7.86. The predicted molar refractivity (Wildman–Crippen MR) is 107 cm³/mol. The first-order valence-corrected chi connectivity index (χ1v) is 14.0. The summed E-state index contributed by atoms with van der Waals surface area (Å²) in [7, 11) is -15.9. The third-order valence-electron chi connectivity index (χ3n) is 4.53. The number of alkyl halides is 9. The molecular formula is C16H17F9O11S3. The van der Waals surface area contributed by atoms with Crippen LogP contribution in [0.3, 0.4) is 0 Å². The van der Waals surface area contributed by atoms with Crippen molar-refractivity contribution in [2.45, 2.75) is 53.1 Å². The summed E-state index contributed by atoms with van der Waals surface area (Å²) in [6.07, 6.45) is -18.3. The van der Waals surface area contributed by atoms with Crippen LogP contribution >= 0.6 is 0 Å². The van der Waals surface area contributed by atoms with E-state index in [0.29, 0.717) is 18.2 Å². The van der Waals surface area contributed by atoms with Crippen molar-refractivity contribution in [3.63, 3.8) is 0 Å². The molecule has 0 saturated carbocycles. The van der Waals surface area contributed by atoms with Gasteiger partial charge >= 0.3 is 18.5 Å². The molecule has 0 radical (unpaired) electrons. The highest BCUT2D eigenvalue weighted by Crippen LogP contribution is 2.43. The van der Waals surface area contributed by atoms with Gasteiger partial charge in [0, 0.05) is 0 Å².